The van der Waals surface area contributed by atoms with E-state index in [0.717, 1.165) is 12.0 Å². The van der Waals surface area contributed by atoms with Crippen molar-refractivity contribution in [1.29, 1.82) is 0 Å². The first-order valence-electron chi connectivity index (χ1n) is 9.87. The van der Waals surface area contributed by atoms with Gasteiger partial charge in [0.2, 0.25) is 0 Å². The molecule has 1 fully saturated rings. The molecule has 0 aliphatic carbocycles. The summed E-state index contributed by atoms with van der Waals surface area (Å²) in [5.74, 6) is 0.981. The third kappa shape index (κ3) is 4.14. The van der Waals surface area contributed by atoms with E-state index < -0.39 is 15.1 Å². The van der Waals surface area contributed by atoms with E-state index in [9.17, 15) is 13.2 Å². The van der Waals surface area contributed by atoms with Gasteiger partial charge in [-0.05, 0) is 50.6 Å². The van der Waals surface area contributed by atoms with Crippen LogP contribution in [0, 0.1) is 0 Å². The Morgan fingerprint density at radius 3 is 2.70 bits per heavy atom. The van der Waals surface area contributed by atoms with Crippen LogP contribution < -0.4 is 9.47 Å². The summed E-state index contributed by atoms with van der Waals surface area (Å²) in [6, 6.07) is 11.8. The van der Waals surface area contributed by atoms with Crippen LogP contribution in [0.25, 0.3) is 0 Å². The lowest BCUT2D eigenvalue weighted by molar-refractivity contribution is -0.132. The molecule has 8 heteroatoms. The van der Waals surface area contributed by atoms with E-state index in [4.69, 9.17) is 21.1 Å². The molecule has 0 spiro atoms. The lowest BCUT2D eigenvalue weighted by Gasteiger charge is -2.19. The molecular formula is C22H24ClNO5S. The van der Waals surface area contributed by atoms with E-state index in [1.54, 1.807) is 23.1 Å². The van der Waals surface area contributed by atoms with Gasteiger partial charge >= 0.3 is 0 Å². The summed E-state index contributed by atoms with van der Waals surface area (Å²) in [6.45, 7) is 4.40. The summed E-state index contributed by atoms with van der Waals surface area (Å²) in [5.41, 5.74) is 0.754. The highest BCUT2D eigenvalue weighted by molar-refractivity contribution is 7.92. The number of sulfone groups is 1. The van der Waals surface area contributed by atoms with Crippen molar-refractivity contribution in [2.75, 3.05) is 19.7 Å². The molecule has 2 aromatic carbocycles. The fourth-order valence-electron chi connectivity index (χ4n) is 3.96. The molecule has 1 amide bonds. The molecule has 0 bridgehead atoms. The molecule has 2 aromatic rings. The zero-order valence-corrected chi connectivity index (χ0v) is 18.5. The fourth-order valence-corrected chi connectivity index (χ4v) is 5.77. The molecular weight excluding hydrogens is 426 g/mol. The lowest BCUT2D eigenvalue weighted by Crippen LogP contribution is -2.35. The minimum atomic E-state index is -3.52. The number of amides is 1. The standard InChI is InChI=1S/C22H24ClNO5S/c1-22(2)12-15-4-3-5-19(21(15)29-22)28-14-20(25)24-11-10-18(13-24)30(26,27)17-8-6-16(23)7-9-17/h3-9,18H,10-14H2,1-2H3. The predicted molar refractivity (Wildman–Crippen MR) is 114 cm³/mol. The van der Waals surface area contributed by atoms with E-state index in [0.29, 0.717) is 29.5 Å². The molecule has 2 aliphatic heterocycles. The normalized spacial score (nSPS) is 20.0. The number of benzene rings is 2. The van der Waals surface area contributed by atoms with Gasteiger partial charge in [0, 0.05) is 30.1 Å². The van der Waals surface area contributed by atoms with Crippen LogP contribution in [0.3, 0.4) is 0 Å². The second kappa shape index (κ2) is 7.78. The van der Waals surface area contributed by atoms with E-state index in [1.165, 1.54) is 12.1 Å². The van der Waals surface area contributed by atoms with E-state index in [1.807, 2.05) is 26.0 Å². The average Bonchev–Trinajstić information content (AvgIpc) is 3.30. The Labute approximate surface area is 181 Å². The number of hydrogen-bond donors (Lipinski definition) is 0. The minimum Gasteiger partial charge on any atom is -0.483 e. The van der Waals surface area contributed by atoms with Crippen LogP contribution in [0.5, 0.6) is 11.5 Å². The summed E-state index contributed by atoms with van der Waals surface area (Å²) >= 11 is 5.85. The molecule has 0 saturated carbocycles. The Hall–Kier alpha value is -2.25. The van der Waals surface area contributed by atoms with Crippen LogP contribution in [-0.4, -0.2) is 49.8 Å². The Morgan fingerprint density at radius 1 is 1.23 bits per heavy atom. The van der Waals surface area contributed by atoms with Crippen molar-refractivity contribution in [2.24, 2.45) is 0 Å². The van der Waals surface area contributed by atoms with Crippen LogP contribution in [0.15, 0.2) is 47.4 Å². The van der Waals surface area contributed by atoms with Gasteiger partial charge < -0.3 is 14.4 Å². The quantitative estimate of drug-likeness (QED) is 0.698. The molecule has 1 saturated heterocycles. The zero-order chi connectivity index (χ0) is 21.5. The summed E-state index contributed by atoms with van der Waals surface area (Å²) in [6.07, 6.45) is 1.18. The maximum atomic E-state index is 12.9. The van der Waals surface area contributed by atoms with E-state index in [2.05, 4.69) is 0 Å². The number of fused-ring (bicyclic) bond motifs is 1. The number of nitrogens with zero attached hydrogens (tertiary/aromatic N) is 1. The Balaban J connectivity index is 1.39. The second-order valence-corrected chi connectivity index (χ2v) is 11.0. The summed E-state index contributed by atoms with van der Waals surface area (Å²) in [7, 11) is -3.52. The number of hydrogen-bond acceptors (Lipinski definition) is 5. The van der Waals surface area contributed by atoms with Gasteiger partial charge in [-0.2, -0.15) is 0 Å². The largest absolute Gasteiger partial charge is 0.483 e. The van der Waals surface area contributed by atoms with Crippen LogP contribution in [0.1, 0.15) is 25.8 Å². The monoisotopic (exact) mass is 449 g/mol. The molecule has 0 aromatic heterocycles. The van der Waals surface area contributed by atoms with Gasteiger partial charge in [-0.25, -0.2) is 8.42 Å². The summed E-state index contributed by atoms with van der Waals surface area (Å²) in [5, 5.41) is -0.151. The van der Waals surface area contributed by atoms with Crippen molar-refractivity contribution in [3.63, 3.8) is 0 Å². The average molecular weight is 450 g/mol. The fraction of sp³-hybridized carbons (Fsp3) is 0.409. The van der Waals surface area contributed by atoms with E-state index in [-0.39, 0.29) is 29.6 Å². The number of halogens is 1. The Bertz CT molecular complexity index is 1070. The van der Waals surface area contributed by atoms with Gasteiger partial charge in [0.1, 0.15) is 5.60 Å². The van der Waals surface area contributed by atoms with Crippen LogP contribution in [0.4, 0.5) is 0 Å². The molecule has 2 aliphatic rings. The first-order chi connectivity index (χ1) is 14.2. The predicted octanol–water partition coefficient (Wildman–Crippen LogP) is 3.51. The minimum absolute atomic E-state index is 0.156. The topological polar surface area (TPSA) is 72.9 Å². The van der Waals surface area contributed by atoms with Crippen LogP contribution in [-0.2, 0) is 21.1 Å². The molecule has 6 nitrogen and oxygen atoms in total. The smallest absolute Gasteiger partial charge is 0.260 e. The molecule has 2 heterocycles. The summed E-state index contributed by atoms with van der Waals surface area (Å²) in [4.78, 5) is 14.4. The number of carbonyl (C=O) groups is 1. The molecule has 4 rings (SSSR count). The van der Waals surface area contributed by atoms with Gasteiger partial charge in [0.05, 0.1) is 10.1 Å². The number of likely N-dealkylation sites (tertiary alicyclic amines) is 1. The van der Waals surface area contributed by atoms with Gasteiger partial charge in [-0.3, -0.25) is 4.79 Å². The number of para-hydroxylation sites is 1. The number of carbonyl (C=O) groups excluding carboxylic acids is 1. The number of rotatable bonds is 5. The van der Waals surface area contributed by atoms with Crippen LogP contribution >= 0.6 is 11.6 Å². The van der Waals surface area contributed by atoms with Crippen LogP contribution in [0.2, 0.25) is 5.02 Å². The second-order valence-electron chi connectivity index (χ2n) is 8.32. The SMILES string of the molecule is CC1(C)Cc2cccc(OCC(=O)N3CCC(S(=O)(=O)c4ccc(Cl)cc4)C3)c2O1. The van der Waals surface area contributed by atoms with Crippen molar-refractivity contribution in [3.05, 3.63) is 53.1 Å². The zero-order valence-electron chi connectivity index (χ0n) is 16.9. The van der Waals surface area contributed by atoms with Gasteiger partial charge in [0.15, 0.2) is 27.9 Å². The van der Waals surface area contributed by atoms with Crippen molar-refractivity contribution in [2.45, 2.75) is 42.4 Å². The van der Waals surface area contributed by atoms with Crippen molar-refractivity contribution in [3.8, 4) is 11.5 Å². The molecule has 0 N–H and O–H groups in total. The third-order valence-corrected chi connectivity index (χ3v) is 7.93. The number of ether oxygens (including phenoxy) is 2. The highest BCUT2D eigenvalue weighted by Crippen LogP contribution is 2.41. The Kier molecular flexibility index (Phi) is 5.45. The molecule has 1 atom stereocenters. The maximum absolute atomic E-state index is 12.9. The van der Waals surface area contributed by atoms with Crippen molar-refractivity contribution in [1.82, 2.24) is 4.90 Å². The van der Waals surface area contributed by atoms with Crippen molar-refractivity contribution >= 4 is 27.3 Å². The molecule has 1 unspecified atom stereocenters. The first kappa shape index (κ1) is 21.0. The van der Waals surface area contributed by atoms with Gasteiger partial charge in [-0.1, -0.05) is 23.7 Å². The third-order valence-electron chi connectivity index (χ3n) is 5.48. The molecule has 30 heavy (non-hydrogen) atoms. The van der Waals surface area contributed by atoms with Gasteiger partial charge in [0.25, 0.3) is 5.91 Å². The van der Waals surface area contributed by atoms with E-state index >= 15 is 0 Å². The first-order valence-corrected chi connectivity index (χ1v) is 11.8. The highest BCUT2D eigenvalue weighted by Gasteiger charge is 2.37. The molecule has 0 radical (unpaired) electrons. The van der Waals surface area contributed by atoms with Gasteiger partial charge in [-0.15, -0.1) is 0 Å². The molecule has 160 valence electrons. The maximum Gasteiger partial charge on any atom is 0.260 e. The van der Waals surface area contributed by atoms with Crippen molar-refractivity contribution < 1.29 is 22.7 Å². The lowest BCUT2D eigenvalue weighted by atomic mass is 10.0. The summed E-state index contributed by atoms with van der Waals surface area (Å²) < 4.78 is 37.4. The highest BCUT2D eigenvalue weighted by atomic mass is 35.5. The Morgan fingerprint density at radius 2 is 1.97 bits per heavy atom.